The predicted molar refractivity (Wildman–Crippen MR) is 48.4 cm³/mol. The van der Waals surface area contributed by atoms with E-state index in [2.05, 4.69) is 4.98 Å². The molecule has 1 aromatic heterocycles. The molecule has 0 aliphatic rings. The Labute approximate surface area is 74.7 Å². The largest absolute Gasteiger partial charge is 0.328 e. The summed E-state index contributed by atoms with van der Waals surface area (Å²) in [5, 5.41) is 0. The third-order valence-corrected chi connectivity index (χ3v) is 1.73. The molecule has 0 bridgehead atoms. The molecule has 12 heavy (non-hydrogen) atoms. The van der Waals surface area contributed by atoms with E-state index in [9.17, 15) is 9.59 Å². The van der Waals surface area contributed by atoms with Crippen molar-refractivity contribution in [3.8, 4) is 0 Å². The first-order valence-electron chi connectivity index (χ1n) is 3.62. The number of hydrogen-bond donors (Lipinski definition) is 1. The molecule has 1 N–H and O–H groups in total. The fourth-order valence-corrected chi connectivity index (χ4v) is 0.984. The second-order valence-corrected chi connectivity index (χ2v) is 2.77. The minimum absolute atomic E-state index is 0.366. The lowest BCUT2D eigenvalue weighted by Crippen LogP contribution is -2.28. The summed E-state index contributed by atoms with van der Waals surface area (Å²) < 4.78 is 1.44. The Morgan fingerprint density at radius 1 is 1.50 bits per heavy atom. The van der Waals surface area contributed by atoms with Crippen molar-refractivity contribution in [1.29, 1.82) is 0 Å². The molecule has 0 fully saturated rings. The van der Waals surface area contributed by atoms with Gasteiger partial charge in [0.15, 0.2) is 0 Å². The van der Waals surface area contributed by atoms with Gasteiger partial charge in [0.05, 0.1) is 0 Å². The van der Waals surface area contributed by atoms with E-state index >= 15 is 0 Å². The number of hydrogen-bond acceptors (Lipinski definition) is 2. The van der Waals surface area contributed by atoms with Crippen molar-refractivity contribution in [3.05, 3.63) is 33.1 Å². The fourth-order valence-electron chi connectivity index (χ4n) is 0.855. The SMILES string of the molecule is O=c1ccn(CCC[S])c(=O)[nH]1. The maximum atomic E-state index is 11.0. The van der Waals surface area contributed by atoms with Crippen molar-refractivity contribution < 1.29 is 0 Å². The first kappa shape index (κ1) is 9.12. The molecule has 0 amide bonds. The average molecular weight is 185 g/mol. The van der Waals surface area contributed by atoms with Crippen LogP contribution in [0.15, 0.2) is 21.9 Å². The van der Waals surface area contributed by atoms with E-state index in [0.29, 0.717) is 12.3 Å². The van der Waals surface area contributed by atoms with E-state index < -0.39 is 0 Å². The Kier molecular flexibility index (Phi) is 3.16. The van der Waals surface area contributed by atoms with Crippen LogP contribution in [0, 0.1) is 0 Å². The predicted octanol–water partition coefficient (Wildman–Crippen LogP) is 0.124. The van der Waals surface area contributed by atoms with Crippen molar-refractivity contribution in [3.63, 3.8) is 0 Å². The third-order valence-electron chi connectivity index (χ3n) is 1.44. The van der Waals surface area contributed by atoms with Crippen LogP contribution in [0.25, 0.3) is 0 Å². The number of H-pyrrole nitrogens is 1. The molecule has 0 saturated heterocycles. The molecule has 1 radical (unpaired) electrons. The van der Waals surface area contributed by atoms with Crippen LogP contribution in [0.4, 0.5) is 0 Å². The zero-order chi connectivity index (χ0) is 8.97. The van der Waals surface area contributed by atoms with Crippen molar-refractivity contribution >= 4 is 12.6 Å². The monoisotopic (exact) mass is 185 g/mol. The van der Waals surface area contributed by atoms with Crippen molar-refractivity contribution in [1.82, 2.24) is 9.55 Å². The van der Waals surface area contributed by atoms with Gasteiger partial charge in [0, 0.05) is 24.6 Å². The van der Waals surface area contributed by atoms with Crippen molar-refractivity contribution in [2.45, 2.75) is 13.0 Å². The average Bonchev–Trinajstić information content (AvgIpc) is 2.03. The van der Waals surface area contributed by atoms with Crippen molar-refractivity contribution in [2.24, 2.45) is 0 Å². The van der Waals surface area contributed by atoms with Gasteiger partial charge in [-0.25, -0.2) is 4.79 Å². The number of rotatable bonds is 3. The molecule has 1 aromatic rings. The highest BCUT2D eigenvalue weighted by Crippen LogP contribution is 1.86. The Hall–Kier alpha value is -0.970. The van der Waals surface area contributed by atoms with Crippen LogP contribution in [0.5, 0.6) is 0 Å². The molecule has 0 aliphatic carbocycles. The van der Waals surface area contributed by atoms with Crippen LogP contribution in [0.2, 0.25) is 0 Å². The smallest absolute Gasteiger partial charge is 0.301 e. The summed E-state index contributed by atoms with van der Waals surface area (Å²) in [6.07, 6.45) is 2.24. The third kappa shape index (κ3) is 2.27. The Balaban J connectivity index is 2.87. The minimum atomic E-state index is -0.369. The van der Waals surface area contributed by atoms with Crippen LogP contribution in [-0.2, 0) is 6.54 Å². The molecule has 0 atom stereocenters. The fraction of sp³-hybridized carbons (Fsp3) is 0.429. The highest BCUT2D eigenvalue weighted by atomic mass is 32.1. The number of nitrogens with zero attached hydrogens (tertiary/aromatic N) is 1. The van der Waals surface area contributed by atoms with Gasteiger partial charge in [0.2, 0.25) is 0 Å². The highest BCUT2D eigenvalue weighted by molar-refractivity contribution is 7.80. The molecule has 1 rings (SSSR count). The van der Waals surface area contributed by atoms with E-state index in [1.807, 2.05) is 0 Å². The Morgan fingerprint density at radius 3 is 2.83 bits per heavy atom. The molecule has 0 spiro atoms. The first-order valence-corrected chi connectivity index (χ1v) is 4.19. The van der Waals surface area contributed by atoms with Crippen molar-refractivity contribution in [2.75, 3.05) is 5.75 Å². The second-order valence-electron chi connectivity index (χ2n) is 2.36. The summed E-state index contributed by atoms with van der Waals surface area (Å²) >= 11 is 4.73. The first-order chi connectivity index (χ1) is 5.74. The summed E-state index contributed by atoms with van der Waals surface area (Å²) in [7, 11) is 0. The van der Waals surface area contributed by atoms with E-state index in [1.54, 1.807) is 0 Å². The lowest BCUT2D eigenvalue weighted by Gasteiger charge is -2.00. The highest BCUT2D eigenvalue weighted by Gasteiger charge is 1.94. The molecule has 1 heterocycles. The lowest BCUT2D eigenvalue weighted by atomic mass is 10.4. The standard InChI is InChI=1S/C7H9N2O2S/c10-6-2-4-9(3-1-5-12)7(11)8-6/h2,4H,1,3,5H2,(H,8,10,11). The van der Waals surface area contributed by atoms with Crippen LogP contribution in [0.3, 0.4) is 0 Å². The number of aromatic nitrogens is 2. The summed E-state index contributed by atoms with van der Waals surface area (Å²) in [4.78, 5) is 23.8. The topological polar surface area (TPSA) is 54.9 Å². The van der Waals surface area contributed by atoms with Crippen LogP contribution in [0.1, 0.15) is 6.42 Å². The van der Waals surface area contributed by atoms with Crippen LogP contribution < -0.4 is 11.2 Å². The van der Waals surface area contributed by atoms with Gasteiger partial charge in [-0.05, 0) is 6.42 Å². The quantitative estimate of drug-likeness (QED) is 0.727. The maximum absolute atomic E-state index is 11.0. The zero-order valence-electron chi connectivity index (χ0n) is 6.45. The maximum Gasteiger partial charge on any atom is 0.328 e. The van der Waals surface area contributed by atoms with Crippen LogP contribution in [-0.4, -0.2) is 15.3 Å². The zero-order valence-corrected chi connectivity index (χ0v) is 7.26. The van der Waals surface area contributed by atoms with Gasteiger partial charge in [0.25, 0.3) is 5.56 Å². The van der Waals surface area contributed by atoms with Gasteiger partial charge in [-0.2, -0.15) is 0 Å². The minimum Gasteiger partial charge on any atom is -0.301 e. The molecular weight excluding hydrogens is 176 g/mol. The Morgan fingerprint density at radius 2 is 2.25 bits per heavy atom. The van der Waals surface area contributed by atoms with Gasteiger partial charge in [-0.1, -0.05) is 12.6 Å². The summed E-state index contributed by atoms with van der Waals surface area (Å²) in [6, 6.07) is 1.32. The molecule has 65 valence electrons. The van der Waals surface area contributed by atoms with Gasteiger partial charge < -0.3 is 4.57 Å². The summed E-state index contributed by atoms with van der Waals surface area (Å²) in [5.74, 6) is 0.617. The number of aryl methyl sites for hydroxylation is 1. The molecule has 0 saturated carbocycles. The molecule has 0 unspecified atom stereocenters. The van der Waals surface area contributed by atoms with E-state index in [0.717, 1.165) is 6.42 Å². The van der Waals surface area contributed by atoms with E-state index in [-0.39, 0.29) is 11.2 Å². The second kappa shape index (κ2) is 4.15. The molecule has 5 heteroatoms. The molecule has 0 aromatic carbocycles. The number of nitrogens with one attached hydrogen (secondary N) is 1. The van der Waals surface area contributed by atoms with E-state index in [1.165, 1.54) is 16.8 Å². The summed E-state index contributed by atoms with van der Waals surface area (Å²) in [6.45, 7) is 0.569. The summed E-state index contributed by atoms with van der Waals surface area (Å²) in [5.41, 5.74) is -0.736. The van der Waals surface area contributed by atoms with Gasteiger partial charge in [-0.15, -0.1) is 0 Å². The lowest BCUT2D eigenvalue weighted by molar-refractivity contribution is 0.636. The Bertz CT molecular complexity index is 355. The van der Waals surface area contributed by atoms with Gasteiger partial charge in [-0.3, -0.25) is 9.78 Å². The van der Waals surface area contributed by atoms with E-state index in [4.69, 9.17) is 12.6 Å². The molecule has 4 nitrogen and oxygen atoms in total. The number of aromatic amines is 1. The van der Waals surface area contributed by atoms with Gasteiger partial charge >= 0.3 is 5.69 Å². The molecule has 0 aliphatic heterocycles. The normalized spacial score (nSPS) is 10.1. The molecular formula is C7H9N2O2S. The van der Waals surface area contributed by atoms with Crippen LogP contribution >= 0.6 is 12.6 Å². The van der Waals surface area contributed by atoms with Gasteiger partial charge in [0.1, 0.15) is 0 Å².